The van der Waals surface area contributed by atoms with Gasteiger partial charge in [0.15, 0.2) is 0 Å². The molecule has 1 aromatic heterocycles. The second-order valence-corrected chi connectivity index (χ2v) is 3.79. The highest BCUT2D eigenvalue weighted by Gasteiger charge is 2.36. The fourth-order valence-electron chi connectivity index (χ4n) is 1.59. The van der Waals surface area contributed by atoms with Crippen LogP contribution in [0.15, 0.2) is 18.3 Å². The van der Waals surface area contributed by atoms with Crippen molar-refractivity contribution in [1.29, 1.82) is 0 Å². The first-order valence-corrected chi connectivity index (χ1v) is 4.26. The molecule has 4 heteroatoms. The molecule has 13 heavy (non-hydrogen) atoms. The third kappa shape index (κ3) is 1.58. The van der Waals surface area contributed by atoms with E-state index in [1.807, 2.05) is 19.1 Å². The summed E-state index contributed by atoms with van der Waals surface area (Å²) in [7, 11) is 0. The zero-order chi connectivity index (χ0) is 9.47. The maximum Gasteiger partial charge on any atom is 0.125 e. The first-order valence-electron chi connectivity index (χ1n) is 4.26. The van der Waals surface area contributed by atoms with Crippen LogP contribution in [0.1, 0.15) is 6.92 Å². The predicted octanol–water partition coefficient (Wildman–Crippen LogP) is 0.235. The van der Waals surface area contributed by atoms with Gasteiger partial charge in [-0.05, 0) is 13.0 Å². The molecule has 2 rings (SSSR count). The standard InChI is InChI=1S/C9H13N3O/c1-9(13)5-12(6-9)7-2-3-11-8(10)4-7/h2-4,13H,5-6H2,1H3,(H2,10,11). The van der Waals surface area contributed by atoms with Gasteiger partial charge in [-0.25, -0.2) is 4.98 Å². The summed E-state index contributed by atoms with van der Waals surface area (Å²) in [6, 6.07) is 3.71. The van der Waals surface area contributed by atoms with Gasteiger partial charge in [-0.3, -0.25) is 0 Å². The summed E-state index contributed by atoms with van der Waals surface area (Å²) in [4.78, 5) is 5.97. The fourth-order valence-corrected chi connectivity index (χ4v) is 1.59. The summed E-state index contributed by atoms with van der Waals surface area (Å²) in [6.07, 6.45) is 1.68. The number of hydrogen-bond donors (Lipinski definition) is 2. The van der Waals surface area contributed by atoms with Crippen LogP contribution in [-0.2, 0) is 0 Å². The average molecular weight is 179 g/mol. The van der Waals surface area contributed by atoms with Crippen molar-refractivity contribution in [2.24, 2.45) is 0 Å². The Balaban J connectivity index is 2.11. The molecule has 1 aliphatic heterocycles. The lowest BCUT2D eigenvalue weighted by molar-refractivity contribution is 0.0310. The molecule has 70 valence electrons. The molecule has 4 nitrogen and oxygen atoms in total. The topological polar surface area (TPSA) is 62.4 Å². The molecule has 0 aliphatic carbocycles. The summed E-state index contributed by atoms with van der Waals surface area (Å²) >= 11 is 0. The minimum absolute atomic E-state index is 0.518. The minimum Gasteiger partial charge on any atom is -0.386 e. The van der Waals surface area contributed by atoms with Gasteiger partial charge < -0.3 is 15.7 Å². The summed E-state index contributed by atoms with van der Waals surface area (Å²) in [5.41, 5.74) is 6.03. The predicted molar refractivity (Wildman–Crippen MR) is 51.5 cm³/mol. The van der Waals surface area contributed by atoms with Gasteiger partial charge in [0.05, 0.1) is 5.60 Å². The van der Waals surface area contributed by atoms with Crippen LogP contribution in [0.25, 0.3) is 0 Å². The number of pyridine rings is 1. The first-order chi connectivity index (χ1) is 6.07. The van der Waals surface area contributed by atoms with Gasteiger partial charge in [-0.1, -0.05) is 0 Å². The molecule has 2 heterocycles. The first kappa shape index (κ1) is 8.31. The van der Waals surface area contributed by atoms with Gasteiger partial charge in [-0.2, -0.15) is 0 Å². The van der Waals surface area contributed by atoms with Gasteiger partial charge in [0.25, 0.3) is 0 Å². The van der Waals surface area contributed by atoms with Gasteiger partial charge in [-0.15, -0.1) is 0 Å². The Labute approximate surface area is 77.0 Å². The minimum atomic E-state index is -0.544. The third-order valence-electron chi connectivity index (χ3n) is 2.19. The molecule has 0 unspecified atom stereocenters. The molecular formula is C9H13N3O. The van der Waals surface area contributed by atoms with Gasteiger partial charge in [0, 0.05) is 31.0 Å². The lowest BCUT2D eigenvalue weighted by Gasteiger charge is -2.45. The summed E-state index contributed by atoms with van der Waals surface area (Å²) in [5.74, 6) is 0.518. The maximum atomic E-state index is 9.53. The van der Waals surface area contributed by atoms with Crippen molar-refractivity contribution in [3.63, 3.8) is 0 Å². The molecule has 0 radical (unpaired) electrons. The highest BCUT2D eigenvalue weighted by molar-refractivity contribution is 5.54. The van der Waals surface area contributed by atoms with E-state index >= 15 is 0 Å². The number of nitrogens with zero attached hydrogens (tertiary/aromatic N) is 2. The Kier molecular flexibility index (Phi) is 1.66. The highest BCUT2D eigenvalue weighted by atomic mass is 16.3. The number of nitrogens with two attached hydrogens (primary N) is 1. The van der Waals surface area contributed by atoms with Crippen LogP contribution in [0, 0.1) is 0 Å². The molecule has 3 N–H and O–H groups in total. The lowest BCUT2D eigenvalue weighted by Crippen LogP contribution is -2.60. The molecule has 0 bridgehead atoms. The van der Waals surface area contributed by atoms with E-state index < -0.39 is 5.60 Å². The second-order valence-electron chi connectivity index (χ2n) is 3.79. The molecule has 0 aromatic carbocycles. The van der Waals surface area contributed by atoms with Crippen molar-refractivity contribution in [1.82, 2.24) is 4.98 Å². The van der Waals surface area contributed by atoms with E-state index in [4.69, 9.17) is 5.73 Å². The Morgan fingerprint density at radius 2 is 2.31 bits per heavy atom. The van der Waals surface area contributed by atoms with E-state index in [1.54, 1.807) is 6.20 Å². The van der Waals surface area contributed by atoms with E-state index in [-0.39, 0.29) is 0 Å². The summed E-state index contributed by atoms with van der Waals surface area (Å²) < 4.78 is 0. The maximum absolute atomic E-state index is 9.53. The zero-order valence-electron chi connectivity index (χ0n) is 7.57. The van der Waals surface area contributed by atoms with Gasteiger partial charge in [0.2, 0.25) is 0 Å². The lowest BCUT2D eigenvalue weighted by atomic mass is 9.96. The van der Waals surface area contributed by atoms with Gasteiger partial charge >= 0.3 is 0 Å². The molecule has 0 atom stereocenters. The Bertz CT molecular complexity index is 316. The van der Waals surface area contributed by atoms with Gasteiger partial charge in [0.1, 0.15) is 5.82 Å². The molecule has 1 aromatic rings. The highest BCUT2D eigenvalue weighted by Crippen LogP contribution is 2.27. The third-order valence-corrected chi connectivity index (χ3v) is 2.19. The van der Waals surface area contributed by atoms with Crippen LogP contribution in [0.4, 0.5) is 11.5 Å². The second kappa shape index (κ2) is 2.60. The van der Waals surface area contributed by atoms with Crippen LogP contribution in [-0.4, -0.2) is 28.8 Å². The Hall–Kier alpha value is -1.29. The van der Waals surface area contributed by atoms with Crippen molar-refractivity contribution in [2.75, 3.05) is 23.7 Å². The number of aromatic nitrogens is 1. The van der Waals surface area contributed by atoms with Crippen LogP contribution in [0.5, 0.6) is 0 Å². The monoisotopic (exact) mass is 179 g/mol. The van der Waals surface area contributed by atoms with E-state index in [2.05, 4.69) is 9.88 Å². The Morgan fingerprint density at radius 3 is 2.85 bits per heavy atom. The van der Waals surface area contributed by atoms with E-state index in [0.29, 0.717) is 18.9 Å². The van der Waals surface area contributed by atoms with Crippen molar-refractivity contribution in [3.8, 4) is 0 Å². The smallest absolute Gasteiger partial charge is 0.125 e. The largest absolute Gasteiger partial charge is 0.386 e. The molecule has 1 saturated heterocycles. The van der Waals surface area contributed by atoms with Crippen molar-refractivity contribution >= 4 is 11.5 Å². The number of hydrogen-bond acceptors (Lipinski definition) is 4. The molecule has 0 saturated carbocycles. The number of anilines is 2. The zero-order valence-corrected chi connectivity index (χ0v) is 7.57. The number of nitrogen functional groups attached to an aromatic ring is 1. The van der Waals surface area contributed by atoms with Crippen LogP contribution >= 0.6 is 0 Å². The quantitative estimate of drug-likeness (QED) is 0.648. The van der Waals surface area contributed by atoms with Crippen LogP contribution in [0.2, 0.25) is 0 Å². The molecule has 1 aliphatic rings. The number of rotatable bonds is 1. The number of β-amino-alcohol motifs (C(OH)–C–C–N with tert-alkyl or cyclic N) is 1. The summed E-state index contributed by atoms with van der Waals surface area (Å²) in [6.45, 7) is 3.15. The van der Waals surface area contributed by atoms with Crippen LogP contribution in [0.3, 0.4) is 0 Å². The fraction of sp³-hybridized carbons (Fsp3) is 0.444. The summed E-state index contributed by atoms with van der Waals surface area (Å²) in [5, 5.41) is 9.53. The van der Waals surface area contributed by atoms with E-state index in [0.717, 1.165) is 5.69 Å². The number of aliphatic hydroxyl groups is 1. The van der Waals surface area contributed by atoms with Crippen LogP contribution < -0.4 is 10.6 Å². The van der Waals surface area contributed by atoms with Crippen molar-refractivity contribution < 1.29 is 5.11 Å². The van der Waals surface area contributed by atoms with E-state index in [1.165, 1.54) is 0 Å². The van der Waals surface area contributed by atoms with E-state index in [9.17, 15) is 5.11 Å². The molecule has 1 fully saturated rings. The normalized spacial score (nSPS) is 19.7. The SMILES string of the molecule is CC1(O)CN(c2ccnc(N)c2)C1. The van der Waals surface area contributed by atoms with Crippen molar-refractivity contribution in [3.05, 3.63) is 18.3 Å². The molecule has 0 amide bonds. The molecular weight excluding hydrogens is 166 g/mol. The molecule has 0 spiro atoms. The Morgan fingerprint density at radius 1 is 1.62 bits per heavy atom. The average Bonchev–Trinajstić information content (AvgIpc) is 2.00. The van der Waals surface area contributed by atoms with Crippen molar-refractivity contribution in [2.45, 2.75) is 12.5 Å².